The largest absolute Gasteiger partial charge is 0.481 e. The van der Waals surface area contributed by atoms with Gasteiger partial charge in [0.25, 0.3) is 0 Å². The minimum Gasteiger partial charge on any atom is -0.481 e. The van der Waals surface area contributed by atoms with E-state index in [1.807, 2.05) is 0 Å². The van der Waals surface area contributed by atoms with Crippen LogP contribution in [0.4, 0.5) is 4.39 Å². The summed E-state index contributed by atoms with van der Waals surface area (Å²) in [6, 6.07) is 2.94. The zero-order chi connectivity index (χ0) is 18.3. The normalized spacial score (nSPS) is 18.6. The fourth-order valence-electron chi connectivity index (χ4n) is 3.12. The summed E-state index contributed by atoms with van der Waals surface area (Å²) in [6.07, 6.45) is 3.03. The molecule has 0 aliphatic heterocycles. The summed E-state index contributed by atoms with van der Waals surface area (Å²) in [4.78, 5) is 11.5. The van der Waals surface area contributed by atoms with Gasteiger partial charge in [0.15, 0.2) is 0 Å². The summed E-state index contributed by atoms with van der Waals surface area (Å²) >= 11 is 0. The highest BCUT2D eigenvalue weighted by molar-refractivity contribution is 6.40. The summed E-state index contributed by atoms with van der Waals surface area (Å²) in [5.41, 5.74) is 7.15. The Balaban J connectivity index is 0.000000891. The number of carbonyl (C=O) groups is 1. The van der Waals surface area contributed by atoms with E-state index in [9.17, 15) is 14.3 Å². The van der Waals surface area contributed by atoms with Gasteiger partial charge >= 0.3 is 13.1 Å². The number of rotatable bonds is 6. The third kappa shape index (κ3) is 5.29. The molecular formula is C17H27BFNO4. The number of fused-ring (bicyclic) bond motifs is 1. The standard InChI is InChI=1S/C14H19BFNO4.C3H8/c16-12-6-9-4-8(2-1-3-15(20)21)13(14(18)19)11(9)5-10(12)7-17;1-3-2/h5-6,8,13,20-21H,1-4,7,17H2,(H,18,19);3H2,1-2H3. The number of carboxylic acid groups (broad SMARTS) is 1. The highest BCUT2D eigenvalue weighted by Crippen LogP contribution is 2.41. The molecule has 5 nitrogen and oxygen atoms in total. The molecular weight excluding hydrogens is 312 g/mol. The van der Waals surface area contributed by atoms with Gasteiger partial charge in [0, 0.05) is 12.1 Å². The predicted molar refractivity (Wildman–Crippen MR) is 92.1 cm³/mol. The molecule has 1 aliphatic carbocycles. The number of carboxylic acids is 1. The van der Waals surface area contributed by atoms with Crippen LogP contribution in [-0.2, 0) is 17.8 Å². The second-order valence-electron chi connectivity index (χ2n) is 6.25. The lowest BCUT2D eigenvalue weighted by atomic mass is 9.80. The van der Waals surface area contributed by atoms with Gasteiger partial charge in [0.2, 0.25) is 0 Å². The average molecular weight is 339 g/mol. The fraction of sp³-hybridized carbons (Fsp3) is 0.588. The predicted octanol–water partition coefficient (Wildman–Crippen LogP) is 2.29. The quantitative estimate of drug-likeness (QED) is 0.596. The molecule has 7 heteroatoms. The highest BCUT2D eigenvalue weighted by atomic mass is 19.1. The van der Waals surface area contributed by atoms with Crippen LogP contribution in [0.3, 0.4) is 0 Å². The molecule has 5 N–H and O–H groups in total. The second-order valence-corrected chi connectivity index (χ2v) is 6.25. The first-order valence-electron chi connectivity index (χ1n) is 8.45. The Morgan fingerprint density at radius 2 is 2.00 bits per heavy atom. The van der Waals surface area contributed by atoms with Crippen LogP contribution in [0.15, 0.2) is 12.1 Å². The van der Waals surface area contributed by atoms with Gasteiger partial charge < -0.3 is 20.9 Å². The SMILES string of the molecule is CCC.NCc1cc2c(cc1F)CC(CCCB(O)O)C2C(=O)O. The molecule has 1 aromatic rings. The molecule has 24 heavy (non-hydrogen) atoms. The van der Waals surface area contributed by atoms with Gasteiger partial charge in [-0.3, -0.25) is 4.79 Å². The van der Waals surface area contributed by atoms with E-state index in [4.69, 9.17) is 15.8 Å². The molecule has 0 amide bonds. The maximum absolute atomic E-state index is 13.8. The highest BCUT2D eigenvalue weighted by Gasteiger charge is 2.37. The van der Waals surface area contributed by atoms with Gasteiger partial charge in [-0.1, -0.05) is 32.8 Å². The minimum atomic E-state index is -1.38. The molecule has 0 saturated carbocycles. The van der Waals surface area contributed by atoms with Crippen LogP contribution in [0.25, 0.3) is 0 Å². The Kier molecular flexibility index (Phi) is 8.38. The number of nitrogens with two attached hydrogens (primary N) is 1. The number of hydrogen-bond donors (Lipinski definition) is 4. The molecule has 2 rings (SSSR count). The molecule has 2 atom stereocenters. The Morgan fingerprint density at radius 3 is 2.50 bits per heavy atom. The van der Waals surface area contributed by atoms with Gasteiger partial charge in [-0.05, 0) is 42.3 Å². The fourth-order valence-corrected chi connectivity index (χ4v) is 3.12. The Morgan fingerprint density at radius 1 is 1.38 bits per heavy atom. The van der Waals surface area contributed by atoms with Gasteiger partial charge in [0.1, 0.15) is 5.82 Å². The van der Waals surface area contributed by atoms with E-state index in [0.717, 1.165) is 0 Å². The van der Waals surface area contributed by atoms with Gasteiger partial charge in [0.05, 0.1) is 5.92 Å². The minimum absolute atomic E-state index is 0.0345. The van der Waals surface area contributed by atoms with E-state index in [1.165, 1.54) is 12.5 Å². The molecule has 0 heterocycles. The first-order valence-corrected chi connectivity index (χ1v) is 8.45. The molecule has 1 aromatic carbocycles. The topological polar surface area (TPSA) is 104 Å². The lowest BCUT2D eigenvalue weighted by Gasteiger charge is -2.16. The van der Waals surface area contributed by atoms with E-state index in [0.29, 0.717) is 36.0 Å². The monoisotopic (exact) mass is 339 g/mol. The summed E-state index contributed by atoms with van der Waals surface area (Å²) in [7, 11) is -1.38. The first-order chi connectivity index (χ1) is 11.3. The molecule has 0 spiro atoms. The summed E-state index contributed by atoms with van der Waals surface area (Å²) in [5, 5.41) is 27.2. The van der Waals surface area contributed by atoms with Crippen LogP contribution in [0, 0.1) is 11.7 Å². The maximum atomic E-state index is 13.8. The average Bonchev–Trinajstić information content (AvgIpc) is 2.83. The zero-order valence-corrected chi connectivity index (χ0v) is 14.3. The van der Waals surface area contributed by atoms with Crippen molar-refractivity contribution in [3.8, 4) is 0 Å². The van der Waals surface area contributed by atoms with Crippen molar-refractivity contribution in [3.05, 3.63) is 34.6 Å². The van der Waals surface area contributed by atoms with Crippen molar-refractivity contribution in [2.75, 3.05) is 0 Å². The van der Waals surface area contributed by atoms with Gasteiger partial charge in [-0.2, -0.15) is 0 Å². The van der Waals surface area contributed by atoms with Crippen molar-refractivity contribution >= 4 is 13.1 Å². The lowest BCUT2D eigenvalue weighted by Crippen LogP contribution is -2.19. The molecule has 0 bridgehead atoms. The first kappa shape index (κ1) is 20.6. The number of aliphatic carboxylic acids is 1. The third-order valence-corrected chi connectivity index (χ3v) is 4.12. The Labute approximate surface area is 142 Å². The maximum Gasteiger partial charge on any atom is 0.451 e. The van der Waals surface area contributed by atoms with Crippen LogP contribution in [0.2, 0.25) is 6.32 Å². The van der Waals surface area contributed by atoms with Crippen LogP contribution in [0.5, 0.6) is 0 Å². The number of halogens is 1. The summed E-state index contributed by atoms with van der Waals surface area (Å²) in [5.74, 6) is -2.16. The van der Waals surface area contributed by atoms with Crippen LogP contribution < -0.4 is 5.73 Å². The molecule has 0 fully saturated rings. The van der Waals surface area contributed by atoms with E-state index in [2.05, 4.69) is 13.8 Å². The van der Waals surface area contributed by atoms with E-state index in [-0.39, 0.29) is 18.8 Å². The van der Waals surface area contributed by atoms with Gasteiger partial charge in [-0.15, -0.1) is 0 Å². The van der Waals surface area contributed by atoms with Crippen molar-refractivity contribution in [1.29, 1.82) is 0 Å². The van der Waals surface area contributed by atoms with Crippen molar-refractivity contribution in [2.24, 2.45) is 11.7 Å². The molecule has 2 unspecified atom stereocenters. The molecule has 0 saturated heterocycles. The number of hydrogen-bond acceptors (Lipinski definition) is 4. The van der Waals surface area contributed by atoms with Crippen molar-refractivity contribution < 1.29 is 24.3 Å². The Bertz CT molecular complexity index is 554. The molecule has 0 aromatic heterocycles. The summed E-state index contributed by atoms with van der Waals surface area (Å²) < 4.78 is 13.8. The lowest BCUT2D eigenvalue weighted by molar-refractivity contribution is -0.139. The Hall–Kier alpha value is -1.44. The summed E-state index contributed by atoms with van der Waals surface area (Å²) in [6.45, 7) is 4.28. The molecule has 0 radical (unpaired) electrons. The number of benzene rings is 1. The van der Waals surface area contributed by atoms with Crippen LogP contribution in [0.1, 0.15) is 55.7 Å². The van der Waals surface area contributed by atoms with E-state index < -0.39 is 24.8 Å². The van der Waals surface area contributed by atoms with Gasteiger partial charge in [-0.25, -0.2) is 4.39 Å². The van der Waals surface area contributed by atoms with E-state index >= 15 is 0 Å². The third-order valence-electron chi connectivity index (χ3n) is 4.12. The van der Waals surface area contributed by atoms with Crippen molar-refractivity contribution in [1.82, 2.24) is 0 Å². The molecule has 134 valence electrons. The van der Waals surface area contributed by atoms with Crippen LogP contribution in [-0.4, -0.2) is 28.2 Å². The van der Waals surface area contributed by atoms with Crippen LogP contribution >= 0.6 is 0 Å². The zero-order valence-electron chi connectivity index (χ0n) is 14.3. The smallest absolute Gasteiger partial charge is 0.451 e. The van der Waals surface area contributed by atoms with E-state index in [1.54, 1.807) is 6.07 Å². The van der Waals surface area contributed by atoms with Crippen molar-refractivity contribution in [3.63, 3.8) is 0 Å². The van der Waals surface area contributed by atoms with Crippen molar-refractivity contribution in [2.45, 2.75) is 58.3 Å². The molecule has 1 aliphatic rings. The second kappa shape index (κ2) is 9.76.